The van der Waals surface area contributed by atoms with Crippen LogP contribution in [-0.4, -0.2) is 42.0 Å². The van der Waals surface area contributed by atoms with Gasteiger partial charge in [-0.05, 0) is 24.6 Å². The molecule has 1 aromatic rings. The number of benzene rings is 1. The number of nitrogens with zero attached hydrogens (tertiary/aromatic N) is 3. The van der Waals surface area contributed by atoms with Crippen LogP contribution in [0.5, 0.6) is 0 Å². The summed E-state index contributed by atoms with van der Waals surface area (Å²) in [5.74, 6) is -1.61. The van der Waals surface area contributed by atoms with Crippen molar-refractivity contribution in [3.05, 3.63) is 35.4 Å². The first kappa shape index (κ1) is 13.9. The van der Waals surface area contributed by atoms with Crippen LogP contribution in [0.25, 0.3) is 0 Å². The topological polar surface area (TPSA) is 30.3 Å². The fourth-order valence-corrected chi connectivity index (χ4v) is 2.29. The Hall–Kier alpha value is -1.51. The predicted octanol–water partition coefficient (Wildman–Crippen LogP) is 1.99. The van der Waals surface area contributed by atoms with E-state index in [1.165, 1.54) is 12.1 Å². The van der Waals surface area contributed by atoms with Crippen molar-refractivity contribution in [3.8, 4) is 6.07 Å². The van der Waals surface area contributed by atoms with Crippen LogP contribution in [0.3, 0.4) is 0 Å². The van der Waals surface area contributed by atoms with E-state index >= 15 is 0 Å². The lowest BCUT2D eigenvalue weighted by Gasteiger charge is -2.35. The van der Waals surface area contributed by atoms with Crippen molar-refractivity contribution in [2.24, 2.45) is 0 Å². The average Bonchev–Trinajstić information content (AvgIpc) is 2.43. The van der Waals surface area contributed by atoms with Gasteiger partial charge >= 0.3 is 0 Å². The van der Waals surface area contributed by atoms with Crippen molar-refractivity contribution >= 4 is 0 Å². The number of hydrogen-bond donors (Lipinski definition) is 0. The van der Waals surface area contributed by atoms with E-state index in [2.05, 4.69) is 15.9 Å². The highest BCUT2D eigenvalue weighted by atomic mass is 19.2. The minimum Gasteiger partial charge on any atom is -0.297 e. The Bertz CT molecular complexity index is 476. The highest BCUT2D eigenvalue weighted by Crippen LogP contribution is 2.13. The van der Waals surface area contributed by atoms with Crippen LogP contribution in [0.4, 0.5) is 8.78 Å². The molecule has 5 heteroatoms. The van der Waals surface area contributed by atoms with Crippen LogP contribution in [0, 0.1) is 23.0 Å². The fraction of sp³-hybridized carbons (Fsp3) is 0.500. The highest BCUT2D eigenvalue weighted by molar-refractivity contribution is 5.17. The van der Waals surface area contributed by atoms with E-state index in [-0.39, 0.29) is 6.04 Å². The number of halogens is 2. The number of hydrogen-bond acceptors (Lipinski definition) is 3. The van der Waals surface area contributed by atoms with E-state index in [4.69, 9.17) is 5.26 Å². The Morgan fingerprint density at radius 3 is 2.47 bits per heavy atom. The predicted molar refractivity (Wildman–Crippen MR) is 68.3 cm³/mol. The Morgan fingerprint density at radius 1 is 1.21 bits per heavy atom. The van der Waals surface area contributed by atoms with Crippen LogP contribution in [0.1, 0.15) is 12.5 Å². The molecule has 0 bridgehead atoms. The smallest absolute Gasteiger partial charge is 0.159 e. The summed E-state index contributed by atoms with van der Waals surface area (Å²) in [7, 11) is 0. The molecule has 1 atom stereocenters. The maximum Gasteiger partial charge on any atom is 0.159 e. The molecule has 1 heterocycles. The molecule has 0 radical (unpaired) electrons. The summed E-state index contributed by atoms with van der Waals surface area (Å²) in [6.45, 7) is 5.85. The van der Waals surface area contributed by atoms with Crippen molar-refractivity contribution in [1.29, 1.82) is 5.26 Å². The number of piperazine rings is 1. The van der Waals surface area contributed by atoms with E-state index in [0.717, 1.165) is 31.7 Å². The van der Waals surface area contributed by atoms with Crippen LogP contribution >= 0.6 is 0 Å². The lowest BCUT2D eigenvalue weighted by atomic mass is 10.1. The molecule has 0 spiro atoms. The summed E-state index contributed by atoms with van der Waals surface area (Å²) in [5.41, 5.74) is 0.778. The summed E-state index contributed by atoms with van der Waals surface area (Å²) in [5, 5.41) is 8.86. The molecule has 0 saturated carbocycles. The average molecular weight is 265 g/mol. The van der Waals surface area contributed by atoms with Crippen LogP contribution in [0.15, 0.2) is 18.2 Å². The molecule has 19 heavy (non-hydrogen) atoms. The third-order valence-electron chi connectivity index (χ3n) is 3.53. The monoisotopic (exact) mass is 265 g/mol. The van der Waals surface area contributed by atoms with Gasteiger partial charge in [-0.2, -0.15) is 5.26 Å². The quantitative estimate of drug-likeness (QED) is 0.837. The summed E-state index contributed by atoms with van der Waals surface area (Å²) in [6, 6.07) is 6.19. The first-order valence-corrected chi connectivity index (χ1v) is 6.40. The first-order chi connectivity index (χ1) is 9.10. The summed E-state index contributed by atoms with van der Waals surface area (Å²) in [4.78, 5) is 4.31. The SMILES string of the molecule is CC(C#N)N1CCN(Cc2ccc(F)c(F)c2)CC1. The van der Waals surface area contributed by atoms with E-state index in [0.29, 0.717) is 6.54 Å². The minimum atomic E-state index is -0.809. The van der Waals surface area contributed by atoms with Gasteiger partial charge in [-0.3, -0.25) is 9.80 Å². The maximum atomic E-state index is 13.1. The standard InChI is InChI=1S/C14H17F2N3/c1-11(9-17)19-6-4-18(5-7-19)10-12-2-3-13(15)14(16)8-12/h2-3,8,11H,4-7,10H2,1H3. The third-order valence-corrected chi connectivity index (χ3v) is 3.53. The molecule has 0 N–H and O–H groups in total. The van der Waals surface area contributed by atoms with Gasteiger partial charge in [0.25, 0.3) is 0 Å². The van der Waals surface area contributed by atoms with Gasteiger partial charge in [0, 0.05) is 32.7 Å². The van der Waals surface area contributed by atoms with Crippen molar-refractivity contribution in [2.75, 3.05) is 26.2 Å². The second kappa shape index (κ2) is 6.09. The lowest BCUT2D eigenvalue weighted by Crippen LogP contribution is -2.48. The van der Waals surface area contributed by atoms with E-state index in [1.54, 1.807) is 6.07 Å². The molecule has 2 rings (SSSR count). The number of rotatable bonds is 3. The van der Waals surface area contributed by atoms with Gasteiger partial charge in [-0.1, -0.05) is 6.07 Å². The second-order valence-electron chi connectivity index (χ2n) is 4.87. The lowest BCUT2D eigenvalue weighted by molar-refractivity contribution is 0.114. The molecule has 102 valence electrons. The summed E-state index contributed by atoms with van der Waals surface area (Å²) in [6.07, 6.45) is 0. The zero-order valence-electron chi connectivity index (χ0n) is 10.9. The van der Waals surface area contributed by atoms with Crippen LogP contribution in [-0.2, 0) is 6.54 Å². The summed E-state index contributed by atoms with van der Waals surface area (Å²) >= 11 is 0. The van der Waals surface area contributed by atoms with Gasteiger partial charge in [0.2, 0.25) is 0 Å². The largest absolute Gasteiger partial charge is 0.297 e. The van der Waals surface area contributed by atoms with Gasteiger partial charge in [0.1, 0.15) is 0 Å². The van der Waals surface area contributed by atoms with Gasteiger partial charge in [-0.25, -0.2) is 8.78 Å². The second-order valence-corrected chi connectivity index (χ2v) is 4.87. The Labute approximate surface area is 112 Å². The molecular formula is C14H17F2N3. The molecule has 1 unspecified atom stereocenters. The minimum absolute atomic E-state index is 0.0644. The molecular weight excluding hydrogens is 248 g/mol. The molecule has 0 amide bonds. The Balaban J connectivity index is 1.89. The van der Waals surface area contributed by atoms with Gasteiger partial charge in [0.05, 0.1) is 12.1 Å². The zero-order chi connectivity index (χ0) is 13.8. The molecule has 1 fully saturated rings. The molecule has 1 aliphatic heterocycles. The zero-order valence-corrected chi connectivity index (χ0v) is 10.9. The molecule has 1 aliphatic rings. The number of nitriles is 1. The molecule has 0 aromatic heterocycles. The van der Waals surface area contributed by atoms with Crippen LogP contribution < -0.4 is 0 Å². The Morgan fingerprint density at radius 2 is 1.89 bits per heavy atom. The van der Waals surface area contributed by atoms with Gasteiger partial charge < -0.3 is 0 Å². The Kier molecular flexibility index (Phi) is 4.46. The third kappa shape index (κ3) is 3.49. The van der Waals surface area contributed by atoms with Crippen molar-refractivity contribution in [2.45, 2.75) is 19.5 Å². The van der Waals surface area contributed by atoms with Gasteiger partial charge in [0.15, 0.2) is 11.6 Å². The summed E-state index contributed by atoms with van der Waals surface area (Å²) < 4.78 is 25.9. The van der Waals surface area contributed by atoms with E-state index < -0.39 is 11.6 Å². The van der Waals surface area contributed by atoms with Crippen LogP contribution in [0.2, 0.25) is 0 Å². The van der Waals surface area contributed by atoms with Crippen molar-refractivity contribution in [1.82, 2.24) is 9.80 Å². The fourth-order valence-electron chi connectivity index (χ4n) is 2.29. The highest BCUT2D eigenvalue weighted by Gasteiger charge is 2.20. The van der Waals surface area contributed by atoms with Gasteiger partial charge in [-0.15, -0.1) is 0 Å². The maximum absolute atomic E-state index is 13.1. The van der Waals surface area contributed by atoms with E-state index in [9.17, 15) is 8.78 Å². The molecule has 1 aromatic carbocycles. The first-order valence-electron chi connectivity index (χ1n) is 6.40. The molecule has 0 aliphatic carbocycles. The molecule has 1 saturated heterocycles. The van der Waals surface area contributed by atoms with Crippen molar-refractivity contribution < 1.29 is 8.78 Å². The van der Waals surface area contributed by atoms with E-state index in [1.807, 2.05) is 6.92 Å². The normalized spacial score (nSPS) is 19.1. The molecule has 3 nitrogen and oxygen atoms in total. The van der Waals surface area contributed by atoms with Crippen molar-refractivity contribution in [3.63, 3.8) is 0 Å².